The Kier molecular flexibility index (Phi) is 6.48. The second-order valence-electron chi connectivity index (χ2n) is 8.89. The zero-order valence-electron chi connectivity index (χ0n) is 20.2. The van der Waals surface area contributed by atoms with Crippen molar-refractivity contribution in [2.24, 2.45) is 0 Å². The fourth-order valence-corrected chi connectivity index (χ4v) is 5.25. The lowest BCUT2D eigenvalue weighted by Gasteiger charge is -2.40. The van der Waals surface area contributed by atoms with Gasteiger partial charge in [0.2, 0.25) is 0 Å². The summed E-state index contributed by atoms with van der Waals surface area (Å²) in [6.45, 7) is 6.98. The Balaban J connectivity index is 1.87. The number of hydrogen-bond donors (Lipinski definition) is 2. The highest BCUT2D eigenvalue weighted by molar-refractivity contribution is 6.06. The fraction of sp³-hybridized carbons (Fsp3) is 0.333. The van der Waals surface area contributed by atoms with E-state index in [0.717, 1.165) is 22.5 Å². The average molecular weight is 463 g/mol. The molecule has 0 radical (unpaired) electrons. The number of aryl methyl sites for hydroxylation is 3. The molecule has 2 aromatic rings. The van der Waals surface area contributed by atoms with Gasteiger partial charge in [0.1, 0.15) is 5.75 Å². The van der Waals surface area contributed by atoms with Crippen molar-refractivity contribution in [1.29, 1.82) is 0 Å². The van der Waals surface area contributed by atoms with Crippen LogP contribution in [0.4, 0.5) is 5.69 Å². The molecule has 7 nitrogen and oxygen atoms in total. The zero-order valence-corrected chi connectivity index (χ0v) is 20.2. The van der Waals surface area contributed by atoms with Crippen LogP contribution < -0.4 is 10.2 Å². The molecule has 178 valence electrons. The number of methoxy groups -OCH3 is 2. The van der Waals surface area contributed by atoms with E-state index in [2.05, 4.69) is 43.1 Å². The monoisotopic (exact) mass is 462 g/mol. The molecule has 0 amide bonds. The SMILES string of the molecule is COCC1=C(C(=O)OC)C(c2cccc(O)c2)C2=C(CN(c3c(C)cc(C)cc3C)CC2=O)N1. The summed E-state index contributed by atoms with van der Waals surface area (Å²) in [6.07, 6.45) is 0. The Morgan fingerprint density at radius 3 is 2.44 bits per heavy atom. The molecule has 2 N–H and O–H groups in total. The molecule has 4 rings (SSSR count). The van der Waals surface area contributed by atoms with E-state index in [1.165, 1.54) is 12.7 Å². The number of carbonyl (C=O) groups excluding carboxylic acids is 2. The number of dihydropyridines is 1. The predicted molar refractivity (Wildman–Crippen MR) is 130 cm³/mol. The third-order valence-corrected chi connectivity index (χ3v) is 6.36. The molecular weight excluding hydrogens is 432 g/mol. The molecule has 0 fully saturated rings. The number of carbonyl (C=O) groups is 2. The van der Waals surface area contributed by atoms with Gasteiger partial charge in [-0.25, -0.2) is 4.79 Å². The molecule has 7 heteroatoms. The number of Topliss-reactive ketones (excluding diaryl/α,β-unsaturated/α-hetero) is 1. The maximum Gasteiger partial charge on any atom is 0.336 e. The second-order valence-corrected chi connectivity index (χ2v) is 8.89. The number of ketones is 1. The van der Waals surface area contributed by atoms with Gasteiger partial charge in [0.25, 0.3) is 0 Å². The fourth-order valence-electron chi connectivity index (χ4n) is 5.25. The standard InChI is InChI=1S/C27H30N2O5/c1-15-9-16(2)26(17(3)10-15)29-12-20-24(22(31)13-29)23(18-7-6-8-19(30)11-18)25(27(32)34-5)21(28-20)14-33-4/h6-11,23,28,30H,12-14H2,1-5H3. The van der Waals surface area contributed by atoms with Crippen LogP contribution in [-0.2, 0) is 19.1 Å². The summed E-state index contributed by atoms with van der Waals surface area (Å²) in [5, 5.41) is 13.5. The van der Waals surface area contributed by atoms with E-state index in [9.17, 15) is 14.7 Å². The molecule has 1 atom stereocenters. The molecule has 0 aliphatic carbocycles. The Hall–Kier alpha value is -3.58. The van der Waals surface area contributed by atoms with Gasteiger partial charge < -0.3 is 24.8 Å². The Morgan fingerprint density at radius 1 is 1.12 bits per heavy atom. The van der Waals surface area contributed by atoms with Crippen molar-refractivity contribution >= 4 is 17.4 Å². The smallest absolute Gasteiger partial charge is 0.336 e. The van der Waals surface area contributed by atoms with Gasteiger partial charge in [-0.15, -0.1) is 0 Å². The van der Waals surface area contributed by atoms with Crippen LogP contribution in [0.1, 0.15) is 28.2 Å². The number of rotatable bonds is 5. The van der Waals surface area contributed by atoms with Crippen LogP contribution in [-0.4, -0.2) is 50.8 Å². The number of anilines is 1. The van der Waals surface area contributed by atoms with Crippen molar-refractivity contribution in [3.05, 3.63) is 81.2 Å². The number of hydrogen-bond acceptors (Lipinski definition) is 7. The summed E-state index contributed by atoms with van der Waals surface area (Å²) in [4.78, 5) is 28.7. The lowest BCUT2D eigenvalue weighted by molar-refractivity contribution is -0.136. The van der Waals surface area contributed by atoms with Gasteiger partial charge in [-0.1, -0.05) is 29.8 Å². The third-order valence-electron chi connectivity index (χ3n) is 6.36. The number of nitrogens with zero attached hydrogens (tertiary/aromatic N) is 1. The molecule has 0 spiro atoms. The summed E-state index contributed by atoms with van der Waals surface area (Å²) >= 11 is 0. The quantitative estimate of drug-likeness (QED) is 0.659. The minimum atomic E-state index is -0.671. The first-order chi connectivity index (χ1) is 16.2. The van der Waals surface area contributed by atoms with Crippen molar-refractivity contribution in [3.8, 4) is 5.75 Å². The van der Waals surface area contributed by atoms with Gasteiger partial charge in [-0.3, -0.25) is 4.79 Å². The van der Waals surface area contributed by atoms with Crippen LogP contribution in [0, 0.1) is 20.8 Å². The third kappa shape index (κ3) is 4.19. The Morgan fingerprint density at radius 2 is 1.82 bits per heavy atom. The summed E-state index contributed by atoms with van der Waals surface area (Å²) in [7, 11) is 2.87. The van der Waals surface area contributed by atoms with Crippen molar-refractivity contribution in [2.45, 2.75) is 26.7 Å². The maximum atomic E-state index is 13.7. The average Bonchev–Trinajstić information content (AvgIpc) is 2.77. The van der Waals surface area contributed by atoms with Gasteiger partial charge in [0.15, 0.2) is 5.78 Å². The zero-order chi connectivity index (χ0) is 24.6. The van der Waals surface area contributed by atoms with Gasteiger partial charge in [-0.05, 0) is 49.6 Å². The number of phenols is 1. The molecule has 2 heterocycles. The number of ether oxygens (including phenoxy) is 2. The van der Waals surface area contributed by atoms with E-state index in [1.54, 1.807) is 25.3 Å². The number of benzene rings is 2. The maximum absolute atomic E-state index is 13.7. The van der Waals surface area contributed by atoms with E-state index in [4.69, 9.17) is 9.47 Å². The Bertz CT molecular complexity index is 1200. The van der Waals surface area contributed by atoms with E-state index >= 15 is 0 Å². The molecule has 0 aromatic heterocycles. The molecule has 34 heavy (non-hydrogen) atoms. The van der Waals surface area contributed by atoms with Crippen molar-refractivity contribution in [1.82, 2.24) is 5.32 Å². The molecular formula is C27H30N2O5. The molecule has 2 aromatic carbocycles. The van der Waals surface area contributed by atoms with Crippen LogP contribution in [0.2, 0.25) is 0 Å². The van der Waals surface area contributed by atoms with Crippen LogP contribution in [0.3, 0.4) is 0 Å². The van der Waals surface area contributed by atoms with E-state index in [1.807, 2.05) is 6.07 Å². The summed E-state index contributed by atoms with van der Waals surface area (Å²) in [5.41, 5.74) is 7.19. The number of esters is 1. The van der Waals surface area contributed by atoms with Gasteiger partial charge >= 0.3 is 5.97 Å². The van der Waals surface area contributed by atoms with Crippen molar-refractivity contribution in [3.63, 3.8) is 0 Å². The Labute approximate surface area is 199 Å². The van der Waals surface area contributed by atoms with Crippen LogP contribution >= 0.6 is 0 Å². The highest BCUT2D eigenvalue weighted by atomic mass is 16.5. The molecule has 2 aliphatic rings. The van der Waals surface area contributed by atoms with Crippen LogP contribution in [0.15, 0.2) is 58.9 Å². The largest absolute Gasteiger partial charge is 0.508 e. The van der Waals surface area contributed by atoms with Crippen LogP contribution in [0.25, 0.3) is 0 Å². The summed E-state index contributed by atoms with van der Waals surface area (Å²) < 4.78 is 10.5. The number of phenolic OH excluding ortho intramolecular Hbond substituents is 1. The van der Waals surface area contributed by atoms with Gasteiger partial charge in [0, 0.05) is 30.0 Å². The molecule has 0 saturated carbocycles. The number of nitrogens with one attached hydrogen (secondary N) is 1. The normalized spacial score (nSPS) is 18.1. The molecule has 1 unspecified atom stereocenters. The van der Waals surface area contributed by atoms with E-state index < -0.39 is 11.9 Å². The van der Waals surface area contributed by atoms with Crippen molar-refractivity contribution in [2.75, 3.05) is 38.8 Å². The highest BCUT2D eigenvalue weighted by Crippen LogP contribution is 2.42. The first-order valence-corrected chi connectivity index (χ1v) is 11.2. The summed E-state index contributed by atoms with van der Waals surface area (Å²) in [6, 6.07) is 10.9. The molecule has 0 saturated heterocycles. The van der Waals surface area contributed by atoms with Crippen molar-refractivity contribution < 1.29 is 24.2 Å². The number of aromatic hydroxyl groups is 1. The van der Waals surface area contributed by atoms with Gasteiger partial charge in [-0.2, -0.15) is 0 Å². The minimum absolute atomic E-state index is 0.0616. The molecule has 0 bridgehead atoms. The minimum Gasteiger partial charge on any atom is -0.508 e. The lowest BCUT2D eigenvalue weighted by Crippen LogP contribution is -2.46. The van der Waals surface area contributed by atoms with E-state index in [-0.39, 0.29) is 24.7 Å². The highest BCUT2D eigenvalue weighted by Gasteiger charge is 2.42. The first-order valence-electron chi connectivity index (χ1n) is 11.2. The van der Waals surface area contributed by atoms with E-state index in [0.29, 0.717) is 29.0 Å². The second kappa shape index (κ2) is 9.35. The molecule has 2 aliphatic heterocycles. The first kappa shape index (κ1) is 23.6. The van der Waals surface area contributed by atoms with Crippen LogP contribution in [0.5, 0.6) is 5.75 Å². The lowest BCUT2D eigenvalue weighted by atomic mass is 9.77. The van der Waals surface area contributed by atoms with Gasteiger partial charge in [0.05, 0.1) is 38.1 Å². The predicted octanol–water partition coefficient (Wildman–Crippen LogP) is 3.42. The summed E-state index contributed by atoms with van der Waals surface area (Å²) in [5.74, 6) is -1.23. The topological polar surface area (TPSA) is 88.1 Å².